The van der Waals surface area contributed by atoms with Crippen molar-refractivity contribution < 1.29 is 28.9 Å². The normalized spacial score (nSPS) is 12.6. The smallest absolute Gasteiger partial charge is 0.330 e. The summed E-state index contributed by atoms with van der Waals surface area (Å²) in [7, 11) is 3.00. The molecule has 2 atom stereocenters. The highest BCUT2D eigenvalue weighted by atomic mass is 35.5. The quantitative estimate of drug-likeness (QED) is 0.715. The second kappa shape index (κ2) is 9.14. The van der Waals surface area contributed by atoms with E-state index in [1.807, 2.05) is 0 Å². The number of carboxylic acids is 1. The summed E-state index contributed by atoms with van der Waals surface area (Å²) in [5.74, 6) is -0.280. The second-order valence-corrected chi connectivity index (χ2v) is 6.02. The van der Waals surface area contributed by atoms with Crippen LogP contribution in [0.1, 0.15) is 18.5 Å². The van der Waals surface area contributed by atoms with Gasteiger partial charge >= 0.3 is 5.97 Å². The van der Waals surface area contributed by atoms with Crippen molar-refractivity contribution in [3.8, 4) is 17.2 Å². The van der Waals surface area contributed by atoms with E-state index in [4.69, 9.17) is 25.8 Å². The molecule has 8 heteroatoms. The van der Waals surface area contributed by atoms with Gasteiger partial charge in [0.1, 0.15) is 17.2 Å². The third-order valence-electron chi connectivity index (χ3n) is 3.78. The molecule has 0 aliphatic rings. The number of rotatable bonds is 8. The Morgan fingerprint density at radius 3 is 2.19 bits per heavy atom. The molecule has 2 N–H and O–H groups in total. The summed E-state index contributed by atoms with van der Waals surface area (Å²) in [6.07, 6.45) is -0.908. The lowest BCUT2D eigenvalue weighted by Crippen LogP contribution is -2.41. The number of carbonyl (C=O) groups excluding carboxylic acids is 1. The number of amides is 1. The predicted octanol–water partition coefficient (Wildman–Crippen LogP) is 3.07. The molecule has 0 spiro atoms. The Hall–Kier alpha value is -2.93. The molecule has 0 aromatic heterocycles. The summed E-state index contributed by atoms with van der Waals surface area (Å²) in [5, 5.41) is 12.2. The number of benzene rings is 2. The summed E-state index contributed by atoms with van der Waals surface area (Å²) >= 11 is 6.04. The van der Waals surface area contributed by atoms with Crippen molar-refractivity contribution in [1.29, 1.82) is 0 Å². The van der Waals surface area contributed by atoms with Crippen molar-refractivity contribution in [2.45, 2.75) is 19.1 Å². The van der Waals surface area contributed by atoms with Gasteiger partial charge in [-0.25, -0.2) is 4.79 Å². The molecule has 0 radical (unpaired) electrons. The molecule has 0 aliphatic carbocycles. The molecule has 0 saturated heterocycles. The highest BCUT2D eigenvalue weighted by molar-refractivity contribution is 6.32. The van der Waals surface area contributed by atoms with Crippen molar-refractivity contribution in [1.82, 2.24) is 5.32 Å². The SMILES string of the molecule is COc1ccc(OC(C)C(=O)NC(C(=O)O)c2ccc(OC)c(Cl)c2)cc1. The molecular weight excluding hydrogens is 374 g/mol. The first kappa shape index (κ1) is 20.4. The monoisotopic (exact) mass is 393 g/mol. The second-order valence-electron chi connectivity index (χ2n) is 5.61. The van der Waals surface area contributed by atoms with Crippen LogP contribution in [-0.2, 0) is 9.59 Å². The van der Waals surface area contributed by atoms with Crippen molar-refractivity contribution >= 4 is 23.5 Å². The van der Waals surface area contributed by atoms with E-state index in [9.17, 15) is 14.7 Å². The summed E-state index contributed by atoms with van der Waals surface area (Å²) in [4.78, 5) is 24.0. The van der Waals surface area contributed by atoms with E-state index < -0.39 is 24.0 Å². The molecule has 2 aromatic carbocycles. The zero-order chi connectivity index (χ0) is 20.0. The number of halogens is 1. The van der Waals surface area contributed by atoms with Crippen LogP contribution in [0.15, 0.2) is 42.5 Å². The van der Waals surface area contributed by atoms with Crippen molar-refractivity contribution in [3.63, 3.8) is 0 Å². The Balaban J connectivity index is 2.09. The van der Waals surface area contributed by atoms with E-state index in [1.54, 1.807) is 31.4 Å². The van der Waals surface area contributed by atoms with Crippen LogP contribution in [-0.4, -0.2) is 37.3 Å². The Morgan fingerprint density at radius 1 is 1.04 bits per heavy atom. The average Bonchev–Trinajstić information content (AvgIpc) is 2.66. The van der Waals surface area contributed by atoms with Crippen molar-refractivity contribution in [3.05, 3.63) is 53.1 Å². The summed E-state index contributed by atoms with van der Waals surface area (Å²) < 4.78 is 15.6. The lowest BCUT2D eigenvalue weighted by Gasteiger charge is -2.20. The lowest BCUT2D eigenvalue weighted by atomic mass is 10.1. The van der Waals surface area contributed by atoms with Gasteiger partial charge < -0.3 is 24.6 Å². The molecular formula is C19H20ClNO6. The predicted molar refractivity (Wildman–Crippen MR) is 99.6 cm³/mol. The number of aliphatic carboxylic acids is 1. The summed E-state index contributed by atoms with van der Waals surface area (Å²) in [5.41, 5.74) is 0.318. The first-order chi connectivity index (χ1) is 12.8. The van der Waals surface area contributed by atoms with E-state index in [0.29, 0.717) is 22.8 Å². The van der Waals surface area contributed by atoms with E-state index in [0.717, 1.165) is 0 Å². The number of methoxy groups -OCH3 is 2. The molecule has 2 unspecified atom stereocenters. The van der Waals surface area contributed by atoms with Gasteiger partial charge in [-0.15, -0.1) is 0 Å². The summed E-state index contributed by atoms with van der Waals surface area (Å²) in [6, 6.07) is 9.92. The maximum atomic E-state index is 12.4. The molecule has 27 heavy (non-hydrogen) atoms. The van der Waals surface area contributed by atoms with E-state index in [-0.39, 0.29) is 5.02 Å². The minimum atomic E-state index is -1.28. The van der Waals surface area contributed by atoms with Gasteiger partial charge in [-0.2, -0.15) is 0 Å². The molecule has 0 saturated carbocycles. The highest BCUT2D eigenvalue weighted by Crippen LogP contribution is 2.28. The largest absolute Gasteiger partial charge is 0.497 e. The lowest BCUT2D eigenvalue weighted by molar-refractivity contribution is -0.143. The third kappa shape index (κ3) is 5.27. The van der Waals surface area contributed by atoms with Gasteiger partial charge in [0.25, 0.3) is 5.91 Å². The third-order valence-corrected chi connectivity index (χ3v) is 4.08. The molecule has 0 bridgehead atoms. The van der Waals surface area contributed by atoms with E-state index >= 15 is 0 Å². The standard InChI is InChI=1S/C19H20ClNO6/c1-11(27-14-7-5-13(25-2)6-8-14)18(22)21-17(19(23)24)12-4-9-16(26-3)15(20)10-12/h4-11,17H,1-3H3,(H,21,22)(H,23,24). The van der Waals surface area contributed by atoms with Gasteiger partial charge in [0.2, 0.25) is 0 Å². The number of carbonyl (C=O) groups is 2. The molecule has 0 aliphatic heterocycles. The highest BCUT2D eigenvalue weighted by Gasteiger charge is 2.26. The van der Waals surface area contributed by atoms with Crippen LogP contribution >= 0.6 is 11.6 Å². The molecule has 7 nitrogen and oxygen atoms in total. The van der Waals surface area contributed by atoms with Crippen LogP contribution in [0.25, 0.3) is 0 Å². The molecule has 2 rings (SSSR count). The zero-order valence-electron chi connectivity index (χ0n) is 15.1. The zero-order valence-corrected chi connectivity index (χ0v) is 15.8. The Bertz CT molecular complexity index is 808. The molecule has 2 aromatic rings. The first-order valence-corrected chi connectivity index (χ1v) is 8.40. The number of ether oxygens (including phenoxy) is 3. The Morgan fingerprint density at radius 2 is 1.67 bits per heavy atom. The molecule has 0 heterocycles. The van der Waals surface area contributed by atoms with Crippen LogP contribution in [0.5, 0.6) is 17.2 Å². The average molecular weight is 394 g/mol. The van der Waals surface area contributed by atoms with Crippen molar-refractivity contribution in [2.24, 2.45) is 0 Å². The van der Waals surface area contributed by atoms with Crippen LogP contribution in [0, 0.1) is 0 Å². The minimum Gasteiger partial charge on any atom is -0.497 e. The Kier molecular flexibility index (Phi) is 6.90. The molecule has 144 valence electrons. The fourth-order valence-corrected chi connectivity index (χ4v) is 2.59. The fraction of sp³-hybridized carbons (Fsp3) is 0.263. The van der Waals surface area contributed by atoms with Gasteiger partial charge in [0.15, 0.2) is 12.1 Å². The maximum Gasteiger partial charge on any atom is 0.330 e. The van der Waals surface area contributed by atoms with Crippen molar-refractivity contribution in [2.75, 3.05) is 14.2 Å². The van der Waals surface area contributed by atoms with Crippen LogP contribution in [0.4, 0.5) is 0 Å². The summed E-state index contributed by atoms with van der Waals surface area (Å²) in [6.45, 7) is 1.53. The maximum absolute atomic E-state index is 12.4. The molecule has 1 amide bonds. The Labute approximate surface area is 161 Å². The molecule has 0 fully saturated rings. The van der Waals surface area contributed by atoms with Crippen LogP contribution < -0.4 is 19.5 Å². The van der Waals surface area contributed by atoms with Crippen LogP contribution in [0.2, 0.25) is 5.02 Å². The number of nitrogens with one attached hydrogen (secondary N) is 1. The number of hydrogen-bond donors (Lipinski definition) is 2. The van der Waals surface area contributed by atoms with E-state index in [1.165, 1.54) is 32.2 Å². The number of hydrogen-bond acceptors (Lipinski definition) is 5. The fourth-order valence-electron chi connectivity index (χ4n) is 2.32. The number of carboxylic acid groups (broad SMARTS) is 1. The van der Waals surface area contributed by atoms with E-state index in [2.05, 4.69) is 5.32 Å². The van der Waals surface area contributed by atoms with Gasteiger partial charge in [0.05, 0.1) is 19.2 Å². The topological polar surface area (TPSA) is 94.1 Å². The first-order valence-electron chi connectivity index (χ1n) is 8.03. The van der Waals surface area contributed by atoms with Gasteiger partial charge in [0, 0.05) is 0 Å². The van der Waals surface area contributed by atoms with Gasteiger partial charge in [-0.05, 0) is 48.9 Å². The minimum absolute atomic E-state index is 0.248. The van der Waals surface area contributed by atoms with Gasteiger partial charge in [-0.3, -0.25) is 4.79 Å². The van der Waals surface area contributed by atoms with Gasteiger partial charge in [-0.1, -0.05) is 17.7 Å². The van der Waals surface area contributed by atoms with Crippen LogP contribution in [0.3, 0.4) is 0 Å².